The molecule has 0 radical (unpaired) electrons. The van der Waals surface area contributed by atoms with Gasteiger partial charge in [0.2, 0.25) is 0 Å². The topological polar surface area (TPSA) is 46.9 Å². The zero-order chi connectivity index (χ0) is 18.5. The SMILES string of the molecule is CCCCCN[C@H](C)c1nc2ccccc2c(=O)n1-c1cccc(C)c1. The van der Waals surface area contributed by atoms with Crippen LogP contribution in [0.1, 0.15) is 50.5 Å². The van der Waals surface area contributed by atoms with Crippen molar-refractivity contribution in [2.75, 3.05) is 6.54 Å². The van der Waals surface area contributed by atoms with E-state index in [2.05, 4.69) is 19.2 Å². The third-order valence-corrected chi connectivity index (χ3v) is 4.68. The summed E-state index contributed by atoms with van der Waals surface area (Å²) in [5, 5.41) is 4.18. The predicted octanol–water partition coefficient (Wildman–Crippen LogP) is 4.53. The van der Waals surface area contributed by atoms with Crippen LogP contribution in [0.25, 0.3) is 16.6 Å². The second kappa shape index (κ2) is 8.28. The second-order valence-corrected chi connectivity index (χ2v) is 6.85. The van der Waals surface area contributed by atoms with Crippen LogP contribution >= 0.6 is 0 Å². The van der Waals surface area contributed by atoms with Crippen molar-refractivity contribution in [1.82, 2.24) is 14.9 Å². The van der Waals surface area contributed by atoms with E-state index in [9.17, 15) is 4.79 Å². The van der Waals surface area contributed by atoms with Crippen molar-refractivity contribution in [3.63, 3.8) is 0 Å². The summed E-state index contributed by atoms with van der Waals surface area (Å²) < 4.78 is 1.76. The fourth-order valence-electron chi connectivity index (χ4n) is 3.24. The number of unbranched alkanes of at least 4 members (excludes halogenated alkanes) is 2. The van der Waals surface area contributed by atoms with Crippen LogP contribution in [-0.2, 0) is 0 Å². The van der Waals surface area contributed by atoms with Gasteiger partial charge in [-0.05, 0) is 56.6 Å². The number of fused-ring (bicyclic) bond motifs is 1. The van der Waals surface area contributed by atoms with E-state index in [1.54, 1.807) is 4.57 Å². The van der Waals surface area contributed by atoms with Gasteiger partial charge in [-0.2, -0.15) is 0 Å². The van der Waals surface area contributed by atoms with Gasteiger partial charge in [0.1, 0.15) is 5.82 Å². The number of para-hydroxylation sites is 1. The summed E-state index contributed by atoms with van der Waals surface area (Å²) in [7, 11) is 0. The van der Waals surface area contributed by atoms with Crippen molar-refractivity contribution in [3.8, 4) is 5.69 Å². The first-order chi connectivity index (χ1) is 12.6. The zero-order valence-electron chi connectivity index (χ0n) is 15.8. The maximum absolute atomic E-state index is 13.2. The Labute approximate surface area is 154 Å². The van der Waals surface area contributed by atoms with Crippen LogP contribution in [0.4, 0.5) is 0 Å². The van der Waals surface area contributed by atoms with Crippen LogP contribution in [0.15, 0.2) is 53.3 Å². The molecule has 0 aliphatic rings. The smallest absolute Gasteiger partial charge is 0.266 e. The van der Waals surface area contributed by atoms with Crippen LogP contribution < -0.4 is 10.9 Å². The Morgan fingerprint density at radius 3 is 2.69 bits per heavy atom. The van der Waals surface area contributed by atoms with Gasteiger partial charge in [-0.3, -0.25) is 9.36 Å². The highest BCUT2D eigenvalue weighted by atomic mass is 16.1. The molecule has 0 fully saturated rings. The summed E-state index contributed by atoms with van der Waals surface area (Å²) in [5.41, 5.74) is 2.72. The molecule has 0 bridgehead atoms. The largest absolute Gasteiger partial charge is 0.308 e. The van der Waals surface area contributed by atoms with Gasteiger partial charge in [0.05, 0.1) is 22.6 Å². The molecule has 1 heterocycles. The predicted molar refractivity (Wildman–Crippen MR) is 108 cm³/mol. The molecule has 4 nitrogen and oxygen atoms in total. The minimum atomic E-state index is -0.0154. The highest BCUT2D eigenvalue weighted by molar-refractivity contribution is 5.77. The van der Waals surface area contributed by atoms with Gasteiger partial charge in [0, 0.05) is 0 Å². The van der Waals surface area contributed by atoms with E-state index in [4.69, 9.17) is 4.98 Å². The molecule has 3 rings (SSSR count). The number of benzene rings is 2. The fraction of sp³-hybridized carbons (Fsp3) is 0.364. The molecule has 0 aliphatic carbocycles. The van der Waals surface area contributed by atoms with Crippen LogP contribution in [0.5, 0.6) is 0 Å². The number of nitrogens with zero attached hydrogens (tertiary/aromatic N) is 2. The van der Waals surface area contributed by atoms with Crippen molar-refractivity contribution in [3.05, 3.63) is 70.3 Å². The van der Waals surface area contributed by atoms with Gasteiger partial charge in [-0.15, -0.1) is 0 Å². The summed E-state index contributed by atoms with van der Waals surface area (Å²) >= 11 is 0. The van der Waals surface area contributed by atoms with Crippen molar-refractivity contribution < 1.29 is 0 Å². The first-order valence-corrected chi connectivity index (χ1v) is 9.44. The second-order valence-electron chi connectivity index (χ2n) is 6.85. The molecule has 0 spiro atoms. The molecular formula is C22H27N3O. The maximum atomic E-state index is 13.2. The van der Waals surface area contributed by atoms with Gasteiger partial charge in [-0.25, -0.2) is 4.98 Å². The van der Waals surface area contributed by atoms with E-state index in [-0.39, 0.29) is 11.6 Å². The lowest BCUT2D eigenvalue weighted by Crippen LogP contribution is -2.30. The van der Waals surface area contributed by atoms with Gasteiger partial charge in [0.15, 0.2) is 0 Å². The van der Waals surface area contributed by atoms with Gasteiger partial charge in [-0.1, -0.05) is 44.0 Å². The van der Waals surface area contributed by atoms with Gasteiger partial charge >= 0.3 is 0 Å². The number of rotatable bonds is 7. The highest BCUT2D eigenvalue weighted by Gasteiger charge is 2.17. The van der Waals surface area contributed by atoms with Gasteiger partial charge < -0.3 is 5.32 Å². The lowest BCUT2D eigenvalue weighted by atomic mass is 10.1. The van der Waals surface area contributed by atoms with Gasteiger partial charge in [0.25, 0.3) is 5.56 Å². The average Bonchev–Trinajstić information content (AvgIpc) is 2.65. The Kier molecular flexibility index (Phi) is 5.84. The quantitative estimate of drug-likeness (QED) is 0.637. The number of aryl methyl sites for hydroxylation is 1. The third-order valence-electron chi connectivity index (χ3n) is 4.68. The monoisotopic (exact) mass is 349 g/mol. The number of nitrogens with one attached hydrogen (secondary N) is 1. The Morgan fingerprint density at radius 1 is 1.12 bits per heavy atom. The minimum absolute atomic E-state index is 0.00956. The average molecular weight is 349 g/mol. The van der Waals surface area contributed by atoms with Crippen molar-refractivity contribution in [2.24, 2.45) is 0 Å². The Balaban J connectivity index is 2.10. The van der Waals surface area contributed by atoms with Crippen molar-refractivity contribution in [2.45, 2.75) is 46.1 Å². The standard InChI is InChI=1S/C22H27N3O/c1-4-5-8-14-23-17(3)21-24-20-13-7-6-12-19(20)22(26)25(21)18-11-9-10-16(2)15-18/h6-7,9-13,15,17,23H,4-5,8,14H2,1-3H3/t17-/m1/s1. The summed E-state index contributed by atoms with van der Waals surface area (Å²) in [5.74, 6) is 0.760. The molecule has 0 saturated heterocycles. The molecule has 0 saturated carbocycles. The van der Waals surface area contributed by atoms with Crippen LogP contribution in [-0.4, -0.2) is 16.1 Å². The summed E-state index contributed by atoms with van der Waals surface area (Å²) in [6.45, 7) is 7.24. The molecule has 3 aromatic rings. The number of hydrogen-bond acceptors (Lipinski definition) is 3. The molecule has 0 aliphatic heterocycles. The number of aromatic nitrogens is 2. The maximum Gasteiger partial charge on any atom is 0.266 e. The molecule has 2 aromatic carbocycles. The van der Waals surface area contributed by atoms with Crippen LogP contribution in [0, 0.1) is 6.92 Å². The first-order valence-electron chi connectivity index (χ1n) is 9.44. The van der Waals surface area contributed by atoms with E-state index in [0.717, 1.165) is 35.6 Å². The molecule has 0 unspecified atom stereocenters. The first kappa shape index (κ1) is 18.3. The molecule has 4 heteroatoms. The third kappa shape index (κ3) is 3.86. The van der Waals surface area contributed by atoms with E-state index in [0.29, 0.717) is 5.39 Å². The lowest BCUT2D eigenvalue weighted by molar-refractivity contribution is 0.513. The van der Waals surface area contributed by atoms with E-state index < -0.39 is 0 Å². The fourth-order valence-corrected chi connectivity index (χ4v) is 3.24. The molecule has 136 valence electrons. The minimum Gasteiger partial charge on any atom is -0.308 e. The van der Waals surface area contributed by atoms with E-state index in [1.165, 1.54) is 12.8 Å². The molecule has 26 heavy (non-hydrogen) atoms. The summed E-state index contributed by atoms with van der Waals surface area (Å²) in [6, 6.07) is 15.6. The van der Waals surface area contributed by atoms with Crippen LogP contribution in [0.3, 0.4) is 0 Å². The van der Waals surface area contributed by atoms with Crippen molar-refractivity contribution >= 4 is 10.9 Å². The van der Waals surface area contributed by atoms with E-state index >= 15 is 0 Å². The Bertz CT molecular complexity index is 946. The number of hydrogen-bond donors (Lipinski definition) is 1. The van der Waals surface area contributed by atoms with Crippen LogP contribution in [0.2, 0.25) is 0 Å². The Hall–Kier alpha value is -2.46. The normalized spacial score (nSPS) is 12.4. The lowest BCUT2D eigenvalue weighted by Gasteiger charge is -2.20. The van der Waals surface area contributed by atoms with E-state index in [1.807, 2.05) is 55.5 Å². The molecule has 1 N–H and O–H groups in total. The molecule has 1 atom stereocenters. The Morgan fingerprint density at radius 2 is 1.92 bits per heavy atom. The molecule has 0 amide bonds. The molecular weight excluding hydrogens is 322 g/mol. The molecule has 1 aromatic heterocycles. The zero-order valence-corrected chi connectivity index (χ0v) is 15.8. The summed E-state index contributed by atoms with van der Waals surface area (Å²) in [4.78, 5) is 18.1. The summed E-state index contributed by atoms with van der Waals surface area (Å²) in [6.07, 6.45) is 3.52. The highest BCUT2D eigenvalue weighted by Crippen LogP contribution is 2.18. The van der Waals surface area contributed by atoms with Crippen molar-refractivity contribution in [1.29, 1.82) is 0 Å².